The third kappa shape index (κ3) is 3.77. The molecule has 2 fully saturated rings. The zero-order valence-electron chi connectivity index (χ0n) is 12.8. The summed E-state index contributed by atoms with van der Waals surface area (Å²) in [6.45, 7) is 6.08. The molecule has 4 heteroatoms. The van der Waals surface area contributed by atoms with Crippen molar-refractivity contribution in [2.45, 2.75) is 38.6 Å². The number of hydrogen-bond acceptors (Lipinski definition) is 2. The summed E-state index contributed by atoms with van der Waals surface area (Å²) >= 11 is 0. The molecule has 1 aliphatic carbocycles. The molecule has 0 amide bonds. The first-order chi connectivity index (χ1) is 9.75. The topological polar surface area (TPSA) is 15.3 Å². The number of rotatable bonds is 3. The summed E-state index contributed by atoms with van der Waals surface area (Å²) in [5.41, 5.74) is 1.93. The monoisotopic (exact) mass is 312 g/mol. The molecule has 2 aliphatic rings. The van der Waals surface area contributed by atoms with E-state index in [0.29, 0.717) is 5.92 Å². The van der Waals surface area contributed by atoms with Crippen molar-refractivity contribution in [3.05, 3.63) is 35.1 Å². The third-order valence-corrected chi connectivity index (χ3v) is 4.87. The second-order valence-electron chi connectivity index (χ2n) is 6.30. The van der Waals surface area contributed by atoms with Gasteiger partial charge in [-0.2, -0.15) is 0 Å². The lowest BCUT2D eigenvalue weighted by Gasteiger charge is -2.38. The largest absolute Gasteiger partial charge is 0.314 e. The Labute approximate surface area is 133 Å². The lowest BCUT2D eigenvalue weighted by molar-refractivity contribution is 0.122. The summed E-state index contributed by atoms with van der Waals surface area (Å²) < 4.78 is 14.5. The highest BCUT2D eigenvalue weighted by Gasteiger charge is 2.33. The molecule has 0 aromatic heterocycles. The molecule has 1 saturated heterocycles. The molecule has 1 aliphatic heterocycles. The standard InChI is InChI=1S/C17H25FN2.ClH/c1-13-6-7-15(16(18)12-13)17(14-4-2-3-5-14)20-10-8-19-9-11-20;/h6-7,12,14,17,19H,2-5,8-11H2,1H3;1H/t17-;/m1./s1. The fourth-order valence-electron chi connectivity index (χ4n) is 3.85. The quantitative estimate of drug-likeness (QED) is 0.915. The summed E-state index contributed by atoms with van der Waals surface area (Å²) in [6, 6.07) is 6.05. The van der Waals surface area contributed by atoms with E-state index in [1.807, 2.05) is 13.0 Å². The first-order valence-electron chi connectivity index (χ1n) is 7.96. The molecule has 1 aromatic carbocycles. The Hall–Kier alpha value is -0.640. The highest BCUT2D eigenvalue weighted by atomic mass is 35.5. The number of hydrogen-bond donors (Lipinski definition) is 1. The van der Waals surface area contributed by atoms with Crippen LogP contribution in [0.4, 0.5) is 4.39 Å². The van der Waals surface area contributed by atoms with E-state index in [2.05, 4.69) is 16.3 Å². The van der Waals surface area contributed by atoms with Crippen molar-refractivity contribution in [3.8, 4) is 0 Å². The zero-order chi connectivity index (χ0) is 13.9. The van der Waals surface area contributed by atoms with Crippen molar-refractivity contribution in [1.29, 1.82) is 0 Å². The Morgan fingerprint density at radius 3 is 2.48 bits per heavy atom. The van der Waals surface area contributed by atoms with Gasteiger partial charge in [-0.15, -0.1) is 12.4 Å². The molecule has 0 radical (unpaired) electrons. The van der Waals surface area contributed by atoms with Gasteiger partial charge in [0.25, 0.3) is 0 Å². The van der Waals surface area contributed by atoms with Crippen LogP contribution in [0.1, 0.15) is 42.9 Å². The van der Waals surface area contributed by atoms with E-state index in [1.165, 1.54) is 25.7 Å². The summed E-state index contributed by atoms with van der Waals surface area (Å²) in [6.07, 6.45) is 5.12. The van der Waals surface area contributed by atoms with Gasteiger partial charge in [-0.05, 0) is 37.3 Å². The summed E-state index contributed by atoms with van der Waals surface area (Å²) in [4.78, 5) is 2.50. The van der Waals surface area contributed by atoms with E-state index >= 15 is 0 Å². The average Bonchev–Trinajstić information content (AvgIpc) is 2.97. The zero-order valence-corrected chi connectivity index (χ0v) is 13.6. The van der Waals surface area contributed by atoms with Gasteiger partial charge in [-0.25, -0.2) is 4.39 Å². The van der Waals surface area contributed by atoms with E-state index in [9.17, 15) is 4.39 Å². The number of nitrogens with one attached hydrogen (secondary N) is 1. The van der Waals surface area contributed by atoms with Crippen LogP contribution in [-0.4, -0.2) is 31.1 Å². The lowest BCUT2D eigenvalue weighted by Crippen LogP contribution is -2.46. The van der Waals surface area contributed by atoms with Crippen LogP contribution in [0, 0.1) is 18.7 Å². The summed E-state index contributed by atoms with van der Waals surface area (Å²) in [7, 11) is 0. The molecule has 2 nitrogen and oxygen atoms in total. The van der Waals surface area contributed by atoms with Crippen molar-refractivity contribution in [2.24, 2.45) is 5.92 Å². The first-order valence-corrected chi connectivity index (χ1v) is 7.96. The normalized spacial score (nSPS) is 22.0. The Morgan fingerprint density at radius 2 is 1.86 bits per heavy atom. The SMILES string of the molecule is Cc1ccc([C@@H](C2CCCC2)N2CCNCC2)c(F)c1.Cl. The van der Waals surface area contributed by atoms with Gasteiger partial charge in [0.05, 0.1) is 0 Å². The Kier molecular flexibility index (Phi) is 6.03. The molecule has 0 bridgehead atoms. The molecule has 3 rings (SSSR count). The van der Waals surface area contributed by atoms with E-state index in [0.717, 1.165) is 37.3 Å². The van der Waals surface area contributed by atoms with Gasteiger partial charge in [0, 0.05) is 37.8 Å². The molecule has 0 spiro atoms. The first kappa shape index (κ1) is 16.7. The van der Waals surface area contributed by atoms with Gasteiger partial charge in [0.2, 0.25) is 0 Å². The van der Waals surface area contributed by atoms with Crippen LogP contribution in [-0.2, 0) is 0 Å². The minimum atomic E-state index is -0.0135. The molecule has 1 N–H and O–H groups in total. The second kappa shape index (κ2) is 7.57. The van der Waals surface area contributed by atoms with Gasteiger partial charge in [0.1, 0.15) is 5.82 Å². The number of piperazine rings is 1. The summed E-state index contributed by atoms with van der Waals surface area (Å²) in [5.74, 6) is 0.616. The third-order valence-electron chi connectivity index (χ3n) is 4.87. The van der Waals surface area contributed by atoms with Crippen LogP contribution < -0.4 is 5.32 Å². The maximum atomic E-state index is 14.5. The Bertz CT molecular complexity index is 454. The predicted molar refractivity (Wildman–Crippen MR) is 87.5 cm³/mol. The van der Waals surface area contributed by atoms with E-state index in [1.54, 1.807) is 6.07 Å². The number of benzene rings is 1. The van der Waals surface area contributed by atoms with Crippen LogP contribution in [0.2, 0.25) is 0 Å². The molecule has 21 heavy (non-hydrogen) atoms. The number of halogens is 2. The van der Waals surface area contributed by atoms with Gasteiger partial charge in [-0.1, -0.05) is 25.0 Å². The van der Waals surface area contributed by atoms with Crippen LogP contribution in [0.15, 0.2) is 18.2 Å². The van der Waals surface area contributed by atoms with Crippen molar-refractivity contribution < 1.29 is 4.39 Å². The maximum Gasteiger partial charge on any atom is 0.128 e. The van der Waals surface area contributed by atoms with Gasteiger partial charge in [-0.3, -0.25) is 4.90 Å². The molecular formula is C17H26ClFN2. The number of aryl methyl sites for hydroxylation is 1. The Morgan fingerprint density at radius 1 is 1.19 bits per heavy atom. The average molecular weight is 313 g/mol. The van der Waals surface area contributed by atoms with E-state index in [-0.39, 0.29) is 24.3 Å². The predicted octanol–water partition coefficient (Wildman–Crippen LogP) is 3.69. The molecule has 118 valence electrons. The minimum absolute atomic E-state index is 0. The molecule has 1 atom stereocenters. The number of nitrogens with zero attached hydrogens (tertiary/aromatic N) is 1. The fourth-order valence-corrected chi connectivity index (χ4v) is 3.85. The smallest absolute Gasteiger partial charge is 0.128 e. The Balaban J connectivity index is 0.00000161. The van der Waals surface area contributed by atoms with Gasteiger partial charge in [0.15, 0.2) is 0 Å². The van der Waals surface area contributed by atoms with Crippen molar-refractivity contribution in [2.75, 3.05) is 26.2 Å². The van der Waals surface area contributed by atoms with Crippen LogP contribution >= 0.6 is 12.4 Å². The van der Waals surface area contributed by atoms with Gasteiger partial charge >= 0.3 is 0 Å². The van der Waals surface area contributed by atoms with Crippen LogP contribution in [0.5, 0.6) is 0 Å². The highest BCUT2D eigenvalue weighted by Crippen LogP contribution is 2.40. The van der Waals surface area contributed by atoms with Crippen molar-refractivity contribution in [1.82, 2.24) is 10.2 Å². The highest BCUT2D eigenvalue weighted by molar-refractivity contribution is 5.85. The summed E-state index contributed by atoms with van der Waals surface area (Å²) in [5, 5.41) is 3.40. The fraction of sp³-hybridized carbons (Fsp3) is 0.647. The second-order valence-corrected chi connectivity index (χ2v) is 6.30. The molecule has 1 aromatic rings. The molecule has 1 saturated carbocycles. The maximum absolute atomic E-state index is 14.5. The van der Waals surface area contributed by atoms with E-state index < -0.39 is 0 Å². The lowest BCUT2D eigenvalue weighted by atomic mass is 9.89. The van der Waals surface area contributed by atoms with Crippen LogP contribution in [0.3, 0.4) is 0 Å². The van der Waals surface area contributed by atoms with E-state index in [4.69, 9.17) is 0 Å². The van der Waals surface area contributed by atoms with Crippen molar-refractivity contribution >= 4 is 12.4 Å². The molecule has 1 heterocycles. The van der Waals surface area contributed by atoms with Crippen LogP contribution in [0.25, 0.3) is 0 Å². The van der Waals surface area contributed by atoms with Gasteiger partial charge < -0.3 is 5.32 Å². The minimum Gasteiger partial charge on any atom is -0.314 e. The van der Waals surface area contributed by atoms with Crippen molar-refractivity contribution in [3.63, 3.8) is 0 Å². The molecular weight excluding hydrogens is 287 g/mol. The molecule has 0 unspecified atom stereocenters.